The van der Waals surface area contributed by atoms with E-state index in [1.165, 1.54) is 6.08 Å². The maximum atomic E-state index is 12.4. The van der Waals surface area contributed by atoms with E-state index in [-0.39, 0.29) is 5.57 Å². The SMILES string of the molecule is Cc1ccc(C)n1NC(=O)/C(C#N)=C\c1ccc(-c2cc(Cl)ccc2Cl)o1. The molecular formula is C20H15Cl2N3O2. The van der Waals surface area contributed by atoms with Crippen molar-refractivity contribution in [3.05, 3.63) is 75.2 Å². The van der Waals surface area contributed by atoms with E-state index in [1.54, 1.807) is 35.0 Å². The Morgan fingerprint density at radius 2 is 1.85 bits per heavy atom. The van der Waals surface area contributed by atoms with Crippen molar-refractivity contribution in [1.82, 2.24) is 4.68 Å². The molecule has 5 nitrogen and oxygen atoms in total. The molecule has 1 N–H and O–H groups in total. The van der Waals surface area contributed by atoms with Crippen LogP contribution in [0.2, 0.25) is 10.0 Å². The summed E-state index contributed by atoms with van der Waals surface area (Å²) in [7, 11) is 0. The van der Waals surface area contributed by atoms with Crippen LogP contribution in [-0.2, 0) is 4.79 Å². The number of benzene rings is 1. The Bertz CT molecular complexity index is 1070. The van der Waals surface area contributed by atoms with Crippen LogP contribution in [0.25, 0.3) is 17.4 Å². The lowest BCUT2D eigenvalue weighted by Gasteiger charge is -2.10. The van der Waals surface area contributed by atoms with Gasteiger partial charge < -0.3 is 4.42 Å². The Morgan fingerprint density at radius 1 is 1.15 bits per heavy atom. The Morgan fingerprint density at radius 3 is 2.52 bits per heavy atom. The number of furan rings is 1. The summed E-state index contributed by atoms with van der Waals surface area (Å²) in [5.74, 6) is 0.316. The third kappa shape index (κ3) is 4.08. The van der Waals surface area contributed by atoms with Gasteiger partial charge in [-0.05, 0) is 56.3 Å². The van der Waals surface area contributed by atoms with Gasteiger partial charge in [-0.1, -0.05) is 23.2 Å². The van der Waals surface area contributed by atoms with Crippen molar-refractivity contribution in [2.45, 2.75) is 13.8 Å². The van der Waals surface area contributed by atoms with Crippen LogP contribution < -0.4 is 5.43 Å². The van der Waals surface area contributed by atoms with Crippen molar-refractivity contribution < 1.29 is 9.21 Å². The number of nitrogens with zero attached hydrogens (tertiary/aromatic N) is 2. The molecule has 0 saturated heterocycles. The first-order valence-electron chi connectivity index (χ1n) is 8.02. The molecule has 2 heterocycles. The molecule has 27 heavy (non-hydrogen) atoms. The first-order valence-corrected chi connectivity index (χ1v) is 8.78. The highest BCUT2D eigenvalue weighted by atomic mass is 35.5. The summed E-state index contributed by atoms with van der Waals surface area (Å²) >= 11 is 12.2. The fourth-order valence-electron chi connectivity index (χ4n) is 2.56. The second-order valence-electron chi connectivity index (χ2n) is 5.89. The average molecular weight is 400 g/mol. The summed E-state index contributed by atoms with van der Waals surface area (Å²) in [6.45, 7) is 3.72. The number of carbonyl (C=O) groups excluding carboxylic acids is 1. The summed E-state index contributed by atoms with van der Waals surface area (Å²) < 4.78 is 7.33. The van der Waals surface area contributed by atoms with E-state index in [0.29, 0.717) is 27.1 Å². The van der Waals surface area contributed by atoms with E-state index in [2.05, 4.69) is 5.43 Å². The molecule has 7 heteroatoms. The van der Waals surface area contributed by atoms with Gasteiger partial charge in [0.2, 0.25) is 0 Å². The molecule has 3 rings (SSSR count). The smallest absolute Gasteiger partial charge is 0.280 e. The predicted octanol–water partition coefficient (Wildman–Crippen LogP) is 5.35. The van der Waals surface area contributed by atoms with Crippen molar-refractivity contribution in [2.75, 3.05) is 5.43 Å². The molecule has 1 amide bonds. The van der Waals surface area contributed by atoms with E-state index in [4.69, 9.17) is 27.6 Å². The number of aryl methyl sites for hydroxylation is 2. The average Bonchev–Trinajstić information content (AvgIpc) is 3.23. The quantitative estimate of drug-likeness (QED) is 0.474. The Kier molecular flexibility index (Phi) is 5.41. The normalized spacial score (nSPS) is 11.3. The minimum atomic E-state index is -0.529. The van der Waals surface area contributed by atoms with E-state index in [1.807, 2.05) is 32.0 Å². The number of rotatable bonds is 4. The molecule has 0 saturated carbocycles. The maximum absolute atomic E-state index is 12.4. The summed E-state index contributed by atoms with van der Waals surface area (Å²) in [4.78, 5) is 12.4. The zero-order chi connectivity index (χ0) is 19.6. The van der Waals surface area contributed by atoms with Crippen LogP contribution in [0.4, 0.5) is 0 Å². The molecule has 0 aliphatic heterocycles. The standard InChI is InChI=1S/C20H15Cl2N3O2/c1-12-3-4-13(2)25(12)24-20(26)14(11-23)9-16-6-8-19(27-16)17-10-15(21)5-7-18(17)22/h3-10H,1-2H3,(H,24,26)/b14-9-. The monoisotopic (exact) mass is 399 g/mol. The van der Waals surface area contributed by atoms with Gasteiger partial charge in [0.1, 0.15) is 23.2 Å². The van der Waals surface area contributed by atoms with Crippen molar-refractivity contribution in [1.29, 1.82) is 5.26 Å². The van der Waals surface area contributed by atoms with Gasteiger partial charge in [-0.3, -0.25) is 14.9 Å². The lowest BCUT2D eigenvalue weighted by Crippen LogP contribution is -2.25. The molecule has 0 aliphatic carbocycles. The van der Waals surface area contributed by atoms with Gasteiger partial charge in [0.15, 0.2) is 0 Å². The molecule has 3 aromatic rings. The third-order valence-electron chi connectivity index (χ3n) is 3.96. The molecular weight excluding hydrogens is 385 g/mol. The van der Waals surface area contributed by atoms with Gasteiger partial charge in [0, 0.05) is 28.0 Å². The number of nitrogens with one attached hydrogen (secondary N) is 1. The topological polar surface area (TPSA) is 71.0 Å². The van der Waals surface area contributed by atoms with Crippen LogP contribution >= 0.6 is 23.2 Å². The molecule has 136 valence electrons. The summed E-state index contributed by atoms with van der Waals surface area (Å²) in [5.41, 5.74) is 4.95. The fraction of sp³-hybridized carbons (Fsp3) is 0.100. The van der Waals surface area contributed by atoms with Crippen molar-refractivity contribution in [3.8, 4) is 17.4 Å². The molecule has 0 atom stereocenters. The number of carbonyl (C=O) groups is 1. The molecule has 1 aromatic carbocycles. The number of aromatic nitrogens is 1. The maximum Gasteiger partial charge on any atom is 0.280 e. The van der Waals surface area contributed by atoms with Crippen molar-refractivity contribution >= 4 is 35.2 Å². The van der Waals surface area contributed by atoms with Crippen LogP contribution in [0.1, 0.15) is 17.1 Å². The van der Waals surface area contributed by atoms with Gasteiger partial charge in [0.05, 0.1) is 5.02 Å². The van der Waals surface area contributed by atoms with Crippen molar-refractivity contribution in [3.63, 3.8) is 0 Å². The third-order valence-corrected chi connectivity index (χ3v) is 4.52. The lowest BCUT2D eigenvalue weighted by atomic mass is 10.2. The zero-order valence-corrected chi connectivity index (χ0v) is 16.1. The number of amides is 1. The second kappa shape index (κ2) is 7.75. The predicted molar refractivity (Wildman–Crippen MR) is 106 cm³/mol. The number of hydrogen-bond donors (Lipinski definition) is 1. The van der Waals surface area contributed by atoms with E-state index in [0.717, 1.165) is 11.4 Å². The summed E-state index contributed by atoms with van der Waals surface area (Å²) in [5, 5.41) is 10.4. The zero-order valence-electron chi connectivity index (χ0n) is 14.6. The second-order valence-corrected chi connectivity index (χ2v) is 6.73. The molecule has 0 bridgehead atoms. The van der Waals surface area contributed by atoms with Crippen LogP contribution in [0.5, 0.6) is 0 Å². The lowest BCUT2D eigenvalue weighted by molar-refractivity contribution is -0.113. The molecule has 0 spiro atoms. The first-order chi connectivity index (χ1) is 12.9. The highest BCUT2D eigenvalue weighted by molar-refractivity contribution is 6.35. The highest BCUT2D eigenvalue weighted by Gasteiger charge is 2.14. The van der Waals surface area contributed by atoms with Gasteiger partial charge in [-0.2, -0.15) is 5.26 Å². The van der Waals surface area contributed by atoms with E-state index < -0.39 is 5.91 Å². The number of nitriles is 1. The molecule has 0 aliphatic rings. The molecule has 2 aromatic heterocycles. The molecule has 0 radical (unpaired) electrons. The minimum Gasteiger partial charge on any atom is -0.457 e. The van der Waals surface area contributed by atoms with Crippen LogP contribution in [0, 0.1) is 25.2 Å². The van der Waals surface area contributed by atoms with E-state index in [9.17, 15) is 10.1 Å². The van der Waals surface area contributed by atoms with Crippen molar-refractivity contribution in [2.24, 2.45) is 0 Å². The first kappa shape index (κ1) is 18.8. The molecule has 0 unspecified atom stereocenters. The summed E-state index contributed by atoms with van der Waals surface area (Å²) in [6, 6.07) is 14.0. The largest absolute Gasteiger partial charge is 0.457 e. The van der Waals surface area contributed by atoms with E-state index >= 15 is 0 Å². The van der Waals surface area contributed by atoms with Gasteiger partial charge in [-0.25, -0.2) is 0 Å². The van der Waals surface area contributed by atoms with Gasteiger partial charge in [0.25, 0.3) is 5.91 Å². The Hall–Kier alpha value is -2.94. The van der Waals surface area contributed by atoms with Crippen LogP contribution in [0.15, 0.2) is 52.5 Å². The fourth-order valence-corrected chi connectivity index (χ4v) is 2.94. The number of halogens is 2. The Labute approximate surface area is 166 Å². The summed E-state index contributed by atoms with van der Waals surface area (Å²) in [6.07, 6.45) is 1.38. The Balaban J connectivity index is 1.87. The van der Waals surface area contributed by atoms with Gasteiger partial charge >= 0.3 is 0 Å². The van der Waals surface area contributed by atoms with Crippen LogP contribution in [-0.4, -0.2) is 10.6 Å². The van der Waals surface area contributed by atoms with Crippen LogP contribution in [0.3, 0.4) is 0 Å². The molecule has 0 fully saturated rings. The minimum absolute atomic E-state index is 0.0828. The highest BCUT2D eigenvalue weighted by Crippen LogP contribution is 2.32. The number of hydrogen-bond acceptors (Lipinski definition) is 3. The van der Waals surface area contributed by atoms with Gasteiger partial charge in [-0.15, -0.1) is 0 Å².